The number of nitriles is 1. The van der Waals surface area contributed by atoms with Crippen LogP contribution < -0.4 is 15.4 Å². The van der Waals surface area contributed by atoms with E-state index in [0.29, 0.717) is 34.5 Å². The lowest BCUT2D eigenvalue weighted by molar-refractivity contribution is -0.138. The van der Waals surface area contributed by atoms with Crippen LogP contribution in [0, 0.1) is 11.3 Å². The summed E-state index contributed by atoms with van der Waals surface area (Å²) in [5.41, 5.74) is 2.32. The lowest BCUT2D eigenvalue weighted by atomic mass is 9.84. The van der Waals surface area contributed by atoms with Crippen molar-refractivity contribution in [1.82, 2.24) is 5.32 Å². The first-order valence-electron chi connectivity index (χ1n) is 12.1. The Labute approximate surface area is 225 Å². The number of thioether (sulfide) groups is 1. The smallest absolute Gasteiger partial charge is 0.337 e. The van der Waals surface area contributed by atoms with Gasteiger partial charge in [-0.1, -0.05) is 54.2 Å². The number of anilines is 1. The normalized spacial score (nSPS) is 14.9. The number of ether oxygens (including phenoxy) is 2. The predicted octanol–water partition coefficient (Wildman–Crippen LogP) is 5.45. The van der Waals surface area contributed by atoms with Crippen molar-refractivity contribution in [2.45, 2.75) is 19.8 Å². The zero-order chi connectivity index (χ0) is 26.9. The fourth-order valence-corrected chi connectivity index (χ4v) is 4.91. The Morgan fingerprint density at radius 1 is 1.05 bits per heavy atom. The molecule has 194 valence electrons. The summed E-state index contributed by atoms with van der Waals surface area (Å²) in [6, 6.07) is 22.1. The summed E-state index contributed by atoms with van der Waals surface area (Å²) in [5.74, 6) is -0.628. The van der Waals surface area contributed by atoms with E-state index in [0.717, 1.165) is 5.56 Å². The fraction of sp³-hybridized carbons (Fsp3) is 0.207. The van der Waals surface area contributed by atoms with Gasteiger partial charge in [-0.15, -0.1) is 0 Å². The minimum Gasteiger partial charge on any atom is -0.492 e. The number of amides is 1. The van der Waals surface area contributed by atoms with Crippen molar-refractivity contribution >= 4 is 35.0 Å². The van der Waals surface area contributed by atoms with Gasteiger partial charge >= 0.3 is 5.97 Å². The number of nitrogens with zero attached hydrogens (tertiary/aromatic N) is 1. The number of dihydropyridines is 1. The Balaban J connectivity index is 1.69. The monoisotopic (exact) mass is 529 g/mol. The SMILES string of the molecule is CCOC(=O)C1=C(c2ccccc2)NC(SCC(=O)Nc2ccccc2OCC)=C(C#N)C1c1ccco1. The van der Waals surface area contributed by atoms with Crippen LogP contribution in [-0.2, 0) is 14.3 Å². The number of allylic oxidation sites excluding steroid dienone is 1. The second-order valence-corrected chi connectivity index (χ2v) is 9.05. The molecule has 0 spiro atoms. The highest BCUT2D eigenvalue weighted by molar-refractivity contribution is 8.03. The highest BCUT2D eigenvalue weighted by atomic mass is 32.2. The Hall–Kier alpha value is -4.42. The molecule has 2 aromatic carbocycles. The van der Waals surface area contributed by atoms with Gasteiger partial charge in [-0.05, 0) is 43.7 Å². The first-order chi connectivity index (χ1) is 18.6. The zero-order valence-corrected chi connectivity index (χ0v) is 21.8. The van der Waals surface area contributed by atoms with Crippen LogP contribution in [0.3, 0.4) is 0 Å². The highest BCUT2D eigenvalue weighted by Crippen LogP contribution is 2.43. The molecule has 38 heavy (non-hydrogen) atoms. The molecule has 1 atom stereocenters. The van der Waals surface area contributed by atoms with Crippen LogP contribution in [-0.4, -0.2) is 30.8 Å². The predicted molar refractivity (Wildman–Crippen MR) is 146 cm³/mol. The first-order valence-corrected chi connectivity index (χ1v) is 13.1. The molecule has 3 aromatic rings. The molecule has 1 aliphatic heterocycles. The minimum absolute atomic E-state index is 0.00958. The van der Waals surface area contributed by atoms with Crippen LogP contribution >= 0.6 is 11.8 Å². The Bertz CT molecular complexity index is 1390. The molecule has 1 aliphatic rings. The number of rotatable bonds is 10. The number of nitrogens with one attached hydrogen (secondary N) is 2. The van der Waals surface area contributed by atoms with Crippen LogP contribution in [0.5, 0.6) is 5.75 Å². The number of carbonyl (C=O) groups excluding carboxylic acids is 2. The largest absolute Gasteiger partial charge is 0.492 e. The maximum Gasteiger partial charge on any atom is 0.337 e. The highest BCUT2D eigenvalue weighted by Gasteiger charge is 2.39. The van der Waals surface area contributed by atoms with E-state index in [9.17, 15) is 14.9 Å². The van der Waals surface area contributed by atoms with Gasteiger partial charge in [0, 0.05) is 0 Å². The fourth-order valence-electron chi connectivity index (χ4n) is 4.07. The van der Waals surface area contributed by atoms with Crippen molar-refractivity contribution < 1.29 is 23.5 Å². The van der Waals surface area contributed by atoms with E-state index >= 15 is 0 Å². The van der Waals surface area contributed by atoms with E-state index in [1.165, 1.54) is 18.0 Å². The number of benzene rings is 2. The molecule has 2 heterocycles. The van der Waals surface area contributed by atoms with Crippen LogP contribution in [0.2, 0.25) is 0 Å². The second kappa shape index (κ2) is 12.7. The Morgan fingerprint density at radius 3 is 2.50 bits per heavy atom. The van der Waals surface area contributed by atoms with Crippen molar-refractivity contribution in [3.8, 4) is 11.8 Å². The average Bonchev–Trinajstić information content (AvgIpc) is 3.47. The first kappa shape index (κ1) is 26.6. The molecule has 0 saturated carbocycles. The molecular formula is C29H27N3O5S. The molecular weight excluding hydrogens is 502 g/mol. The zero-order valence-electron chi connectivity index (χ0n) is 21.0. The van der Waals surface area contributed by atoms with Gasteiger partial charge in [0.05, 0.1) is 64.8 Å². The van der Waals surface area contributed by atoms with Crippen LogP contribution in [0.1, 0.15) is 31.1 Å². The number of furan rings is 1. The van der Waals surface area contributed by atoms with Crippen molar-refractivity contribution in [3.05, 3.63) is 100 Å². The standard InChI is InChI=1S/C29H27N3O5S/c1-3-35-22-14-9-8-13-21(22)31-24(33)18-38-28-20(17-30)25(23-15-10-16-37-23)26(29(34)36-4-2)27(32-28)19-11-6-5-7-12-19/h5-16,25,32H,3-4,18H2,1-2H3,(H,31,33). The summed E-state index contributed by atoms with van der Waals surface area (Å²) in [7, 11) is 0. The van der Waals surface area contributed by atoms with Crippen molar-refractivity contribution in [2.24, 2.45) is 0 Å². The lowest BCUT2D eigenvalue weighted by Gasteiger charge is -2.29. The summed E-state index contributed by atoms with van der Waals surface area (Å²) in [5, 5.41) is 16.8. The third-order valence-electron chi connectivity index (χ3n) is 5.64. The maximum absolute atomic E-state index is 13.2. The Kier molecular flexibility index (Phi) is 8.90. The van der Waals surface area contributed by atoms with Gasteiger partial charge in [0.15, 0.2) is 0 Å². The number of hydrogen-bond donors (Lipinski definition) is 2. The summed E-state index contributed by atoms with van der Waals surface area (Å²) in [4.78, 5) is 26.1. The van der Waals surface area contributed by atoms with Gasteiger partial charge in [-0.3, -0.25) is 4.79 Å². The minimum atomic E-state index is -0.810. The quantitative estimate of drug-likeness (QED) is 0.334. The molecule has 8 nitrogen and oxygen atoms in total. The summed E-state index contributed by atoms with van der Waals surface area (Å²) >= 11 is 1.17. The van der Waals surface area contributed by atoms with Crippen LogP contribution in [0.25, 0.3) is 5.70 Å². The number of carbonyl (C=O) groups is 2. The second-order valence-electron chi connectivity index (χ2n) is 8.07. The van der Waals surface area contributed by atoms with Gasteiger partial charge in [-0.2, -0.15) is 5.26 Å². The number of hydrogen-bond acceptors (Lipinski definition) is 8. The average molecular weight is 530 g/mol. The molecule has 0 fully saturated rings. The van der Waals surface area contributed by atoms with Gasteiger partial charge in [-0.25, -0.2) is 4.79 Å². The molecule has 9 heteroatoms. The molecule has 1 amide bonds. The summed E-state index contributed by atoms with van der Waals surface area (Å²) in [6.07, 6.45) is 1.49. The van der Waals surface area contributed by atoms with Gasteiger partial charge in [0.25, 0.3) is 0 Å². The molecule has 0 radical (unpaired) electrons. The Morgan fingerprint density at radius 2 is 1.82 bits per heavy atom. The topological polar surface area (TPSA) is 114 Å². The molecule has 1 aromatic heterocycles. The van der Waals surface area contributed by atoms with Crippen molar-refractivity contribution in [2.75, 3.05) is 24.3 Å². The molecule has 1 unspecified atom stereocenters. The molecule has 0 saturated heterocycles. The van der Waals surface area contributed by atoms with Crippen LogP contribution in [0.4, 0.5) is 5.69 Å². The molecule has 4 rings (SSSR count). The van der Waals surface area contributed by atoms with E-state index in [4.69, 9.17) is 13.9 Å². The van der Waals surface area contributed by atoms with E-state index in [2.05, 4.69) is 16.7 Å². The molecule has 0 bridgehead atoms. The van der Waals surface area contributed by atoms with E-state index < -0.39 is 11.9 Å². The van der Waals surface area contributed by atoms with E-state index in [1.807, 2.05) is 49.4 Å². The van der Waals surface area contributed by atoms with E-state index in [1.54, 1.807) is 31.2 Å². The van der Waals surface area contributed by atoms with Gasteiger partial charge in [0.2, 0.25) is 5.91 Å². The molecule has 2 N–H and O–H groups in total. The third kappa shape index (κ3) is 5.93. The van der Waals surface area contributed by atoms with Gasteiger partial charge < -0.3 is 24.5 Å². The third-order valence-corrected chi connectivity index (χ3v) is 6.66. The van der Waals surface area contributed by atoms with Crippen molar-refractivity contribution in [3.63, 3.8) is 0 Å². The summed E-state index contributed by atoms with van der Waals surface area (Å²) < 4.78 is 16.7. The number of para-hydroxylation sites is 2. The molecule has 0 aliphatic carbocycles. The van der Waals surface area contributed by atoms with Crippen LogP contribution in [0.15, 0.2) is 93.6 Å². The summed E-state index contributed by atoms with van der Waals surface area (Å²) in [6.45, 7) is 4.24. The number of esters is 1. The van der Waals surface area contributed by atoms with Gasteiger partial charge in [0.1, 0.15) is 11.5 Å². The van der Waals surface area contributed by atoms with E-state index in [-0.39, 0.29) is 29.4 Å². The van der Waals surface area contributed by atoms with Crippen molar-refractivity contribution in [1.29, 1.82) is 5.26 Å². The maximum atomic E-state index is 13.2. The lowest BCUT2D eigenvalue weighted by Crippen LogP contribution is -2.29.